The molecule has 2 saturated heterocycles. The fourth-order valence-corrected chi connectivity index (χ4v) is 5.88. The van der Waals surface area contributed by atoms with Gasteiger partial charge in [0.1, 0.15) is 10.9 Å². The van der Waals surface area contributed by atoms with Crippen LogP contribution in [-0.4, -0.2) is 30.5 Å². The molecule has 0 N–H and O–H groups in total. The largest absolute Gasteiger partial charge is 0.462 e. The number of hydrogen-bond donors (Lipinski definition) is 0. The Bertz CT molecular complexity index is 1300. The van der Waals surface area contributed by atoms with Gasteiger partial charge < -0.3 is 4.74 Å². The van der Waals surface area contributed by atoms with E-state index in [1.165, 1.54) is 11.3 Å². The Morgan fingerprint density at radius 2 is 1.69 bits per heavy atom. The molecule has 2 aromatic carbocycles. The first kappa shape index (κ1) is 23.3. The SMILES string of the molecule is CCOC(=O)c1c(N2C(=O)[C@H]3[C@@H](c4ccc(C)cc4)N(c4ccccc4)O[C@H]3C2=O)sc(C)c1C. The summed E-state index contributed by atoms with van der Waals surface area (Å²) >= 11 is 1.25. The zero-order valence-corrected chi connectivity index (χ0v) is 20.8. The molecular weight excluding hydrogens is 464 g/mol. The number of hydroxylamine groups is 1. The minimum absolute atomic E-state index is 0.199. The molecule has 0 saturated carbocycles. The number of ether oxygens (including phenoxy) is 1. The molecule has 3 heterocycles. The number of anilines is 2. The van der Waals surface area contributed by atoms with E-state index in [0.717, 1.165) is 26.6 Å². The van der Waals surface area contributed by atoms with E-state index >= 15 is 0 Å². The van der Waals surface area contributed by atoms with Gasteiger partial charge in [-0.25, -0.2) is 14.8 Å². The van der Waals surface area contributed by atoms with Crippen LogP contribution >= 0.6 is 11.3 Å². The van der Waals surface area contributed by atoms with Gasteiger partial charge in [-0.2, -0.15) is 0 Å². The molecule has 2 fully saturated rings. The van der Waals surface area contributed by atoms with Crippen molar-refractivity contribution < 1.29 is 24.0 Å². The number of fused-ring (bicyclic) bond motifs is 1. The van der Waals surface area contributed by atoms with Gasteiger partial charge in [-0.05, 0) is 51.0 Å². The molecule has 0 unspecified atom stereocenters. The van der Waals surface area contributed by atoms with Crippen molar-refractivity contribution in [3.05, 3.63) is 81.7 Å². The van der Waals surface area contributed by atoms with Crippen LogP contribution in [0.5, 0.6) is 0 Å². The van der Waals surface area contributed by atoms with Crippen LogP contribution in [0.3, 0.4) is 0 Å². The Balaban J connectivity index is 1.59. The van der Waals surface area contributed by atoms with E-state index in [1.54, 1.807) is 18.9 Å². The minimum atomic E-state index is -0.994. The van der Waals surface area contributed by atoms with Crippen molar-refractivity contribution in [3.63, 3.8) is 0 Å². The molecule has 1 aromatic heterocycles. The molecule has 5 rings (SSSR count). The normalized spacial score (nSPS) is 21.5. The van der Waals surface area contributed by atoms with Crippen molar-refractivity contribution in [3.8, 4) is 0 Å². The monoisotopic (exact) mass is 490 g/mol. The fourth-order valence-electron chi connectivity index (χ4n) is 4.73. The number of amides is 2. The number of aryl methyl sites for hydroxylation is 2. The second kappa shape index (κ2) is 8.94. The zero-order chi connectivity index (χ0) is 24.9. The molecule has 3 atom stereocenters. The van der Waals surface area contributed by atoms with E-state index in [-0.39, 0.29) is 18.1 Å². The summed E-state index contributed by atoms with van der Waals surface area (Å²) < 4.78 is 5.24. The van der Waals surface area contributed by atoms with Crippen LogP contribution in [-0.2, 0) is 19.2 Å². The number of imide groups is 1. The van der Waals surface area contributed by atoms with Crippen molar-refractivity contribution in [1.82, 2.24) is 0 Å². The van der Waals surface area contributed by atoms with Gasteiger partial charge in [-0.1, -0.05) is 48.0 Å². The van der Waals surface area contributed by atoms with E-state index in [9.17, 15) is 14.4 Å². The van der Waals surface area contributed by atoms with Crippen molar-refractivity contribution in [2.45, 2.75) is 39.8 Å². The number of thiophene rings is 1. The van der Waals surface area contributed by atoms with Crippen LogP contribution in [0.2, 0.25) is 0 Å². The highest BCUT2D eigenvalue weighted by Gasteiger charge is 2.61. The molecule has 2 aliphatic heterocycles. The highest BCUT2D eigenvalue weighted by Crippen LogP contribution is 2.49. The summed E-state index contributed by atoms with van der Waals surface area (Å²) in [6.07, 6.45) is -0.994. The van der Waals surface area contributed by atoms with Gasteiger partial charge in [0.2, 0.25) is 5.91 Å². The average molecular weight is 491 g/mol. The van der Waals surface area contributed by atoms with Crippen LogP contribution in [0.1, 0.15) is 44.9 Å². The Hall–Kier alpha value is -3.49. The number of benzene rings is 2. The quantitative estimate of drug-likeness (QED) is 0.374. The molecule has 35 heavy (non-hydrogen) atoms. The van der Waals surface area contributed by atoms with Crippen LogP contribution < -0.4 is 9.96 Å². The van der Waals surface area contributed by atoms with Crippen molar-refractivity contribution in [2.24, 2.45) is 5.92 Å². The van der Waals surface area contributed by atoms with Gasteiger partial charge in [0.25, 0.3) is 5.91 Å². The highest BCUT2D eigenvalue weighted by molar-refractivity contribution is 7.17. The van der Waals surface area contributed by atoms with Gasteiger partial charge in [-0.15, -0.1) is 11.3 Å². The van der Waals surface area contributed by atoms with Crippen LogP contribution in [0.15, 0.2) is 54.6 Å². The molecule has 7 nitrogen and oxygen atoms in total. The molecule has 3 aromatic rings. The maximum atomic E-state index is 13.9. The van der Waals surface area contributed by atoms with Crippen molar-refractivity contribution >= 4 is 39.8 Å². The number of rotatable bonds is 5. The number of carbonyl (C=O) groups excluding carboxylic acids is 3. The summed E-state index contributed by atoms with van der Waals surface area (Å²) in [5, 5.41) is 1.98. The molecule has 0 aliphatic carbocycles. The Morgan fingerprint density at radius 1 is 1.00 bits per heavy atom. The van der Waals surface area contributed by atoms with E-state index in [4.69, 9.17) is 9.57 Å². The topological polar surface area (TPSA) is 76.2 Å². The Labute approximate surface area is 207 Å². The number of nitrogens with zero attached hydrogens (tertiary/aromatic N) is 2. The summed E-state index contributed by atoms with van der Waals surface area (Å²) in [6.45, 7) is 7.58. The first-order chi connectivity index (χ1) is 16.8. The van der Waals surface area contributed by atoms with Gasteiger partial charge >= 0.3 is 5.97 Å². The summed E-state index contributed by atoms with van der Waals surface area (Å²) in [7, 11) is 0. The second-order valence-corrected chi connectivity index (χ2v) is 9.97. The maximum absolute atomic E-state index is 13.9. The fraction of sp³-hybridized carbons (Fsp3) is 0.296. The first-order valence-corrected chi connectivity index (χ1v) is 12.4. The second-order valence-electron chi connectivity index (χ2n) is 8.76. The number of para-hydroxylation sites is 1. The lowest BCUT2D eigenvalue weighted by molar-refractivity contribution is -0.126. The lowest BCUT2D eigenvalue weighted by Crippen LogP contribution is -2.37. The van der Waals surface area contributed by atoms with Crippen molar-refractivity contribution in [1.29, 1.82) is 0 Å². The zero-order valence-electron chi connectivity index (χ0n) is 20.0. The summed E-state index contributed by atoms with van der Waals surface area (Å²) in [5.41, 5.74) is 3.70. The predicted molar refractivity (Wildman–Crippen MR) is 133 cm³/mol. The van der Waals surface area contributed by atoms with Crippen LogP contribution in [0.4, 0.5) is 10.7 Å². The van der Waals surface area contributed by atoms with Gasteiger partial charge in [0, 0.05) is 4.88 Å². The van der Waals surface area contributed by atoms with Gasteiger partial charge in [0.15, 0.2) is 6.10 Å². The maximum Gasteiger partial charge on any atom is 0.341 e. The number of esters is 1. The molecule has 8 heteroatoms. The van der Waals surface area contributed by atoms with Gasteiger partial charge in [-0.3, -0.25) is 14.4 Å². The minimum Gasteiger partial charge on any atom is -0.462 e. The Morgan fingerprint density at radius 3 is 2.34 bits per heavy atom. The molecule has 0 bridgehead atoms. The third-order valence-electron chi connectivity index (χ3n) is 6.59. The Kier molecular flexibility index (Phi) is 5.94. The molecule has 2 amide bonds. The number of carbonyl (C=O) groups is 3. The van der Waals surface area contributed by atoms with Gasteiger partial charge in [0.05, 0.1) is 23.9 Å². The van der Waals surface area contributed by atoms with Crippen molar-refractivity contribution in [2.75, 3.05) is 16.6 Å². The number of hydrogen-bond acceptors (Lipinski definition) is 7. The van der Waals surface area contributed by atoms with E-state index < -0.39 is 29.9 Å². The van der Waals surface area contributed by atoms with E-state index in [1.807, 2.05) is 68.4 Å². The summed E-state index contributed by atoms with van der Waals surface area (Å²) in [5.74, 6) is -2.15. The highest BCUT2D eigenvalue weighted by atomic mass is 32.1. The average Bonchev–Trinajstić information content (AvgIpc) is 3.45. The molecule has 180 valence electrons. The smallest absolute Gasteiger partial charge is 0.341 e. The molecular formula is C27H26N2O5S. The predicted octanol–water partition coefficient (Wildman–Crippen LogP) is 4.90. The third-order valence-corrected chi connectivity index (χ3v) is 7.79. The molecule has 2 aliphatic rings. The van der Waals surface area contributed by atoms with Crippen LogP contribution in [0.25, 0.3) is 0 Å². The molecule has 0 spiro atoms. The molecule has 0 radical (unpaired) electrons. The standard InChI is InChI=1S/C27H26N2O5S/c1-5-33-27(32)20-16(3)17(4)35-26(20)28-24(30)21-22(18-13-11-15(2)12-14-18)29(34-23(21)25(28)31)19-9-7-6-8-10-19/h6-14,21-23H,5H2,1-4H3/t21-,22+,23+/m0/s1. The van der Waals surface area contributed by atoms with Crippen LogP contribution in [0, 0.1) is 26.7 Å². The summed E-state index contributed by atoms with van der Waals surface area (Å²) in [6, 6.07) is 16.8. The third kappa shape index (κ3) is 3.73. The van der Waals surface area contributed by atoms with E-state index in [2.05, 4.69) is 0 Å². The lowest BCUT2D eigenvalue weighted by Gasteiger charge is -2.28. The van der Waals surface area contributed by atoms with E-state index in [0.29, 0.717) is 10.6 Å². The lowest BCUT2D eigenvalue weighted by atomic mass is 9.90. The summed E-state index contributed by atoms with van der Waals surface area (Å²) in [4.78, 5) is 48.5. The first-order valence-electron chi connectivity index (χ1n) is 11.6.